The topological polar surface area (TPSA) is 98.3 Å². The third-order valence-electron chi connectivity index (χ3n) is 4.97. The fraction of sp³-hybridized carbons (Fsp3) is 0.250. The van der Waals surface area contributed by atoms with E-state index in [-0.39, 0.29) is 5.91 Å². The van der Waals surface area contributed by atoms with E-state index in [0.29, 0.717) is 30.6 Å². The monoisotopic (exact) mass is 382 g/mol. The number of aliphatic hydroxyl groups excluding tert-OH is 1. The highest BCUT2D eigenvalue weighted by molar-refractivity contribution is 5.99. The van der Waals surface area contributed by atoms with Crippen molar-refractivity contribution in [1.82, 2.24) is 15.1 Å². The summed E-state index contributed by atoms with van der Waals surface area (Å²) in [4.78, 5) is 26.9. The van der Waals surface area contributed by atoms with Crippen LogP contribution in [0.25, 0.3) is 10.9 Å². The summed E-state index contributed by atoms with van der Waals surface area (Å²) in [5.74, 6) is -1.31. The number of aliphatic hydroxyl groups is 1. The van der Waals surface area contributed by atoms with Gasteiger partial charge in [-0.05, 0) is 48.7 Å². The average Bonchev–Trinajstić information content (AvgIpc) is 3.36. The van der Waals surface area contributed by atoms with Crippen LogP contribution in [-0.4, -0.2) is 44.6 Å². The van der Waals surface area contributed by atoms with Crippen molar-refractivity contribution in [1.29, 1.82) is 0 Å². The second-order valence-corrected chi connectivity index (χ2v) is 6.81. The summed E-state index contributed by atoms with van der Waals surface area (Å²) in [6.45, 7) is 0.385. The number of aromatic nitrogens is 2. The molecule has 1 aliphatic heterocycles. The van der Waals surface area contributed by atoms with Crippen molar-refractivity contribution in [2.45, 2.75) is 25.0 Å². The fourth-order valence-corrected chi connectivity index (χ4v) is 3.49. The molecule has 0 saturated carbocycles. The maximum absolute atomic E-state index is 13.1. The molecule has 0 bridgehead atoms. The summed E-state index contributed by atoms with van der Waals surface area (Å²) in [6, 6.07) is 9.80. The van der Waals surface area contributed by atoms with E-state index in [0.717, 1.165) is 10.9 Å². The molecule has 2 aromatic carbocycles. The molecule has 28 heavy (non-hydrogen) atoms. The average molecular weight is 382 g/mol. The Morgan fingerprint density at radius 1 is 1.25 bits per heavy atom. The number of benzene rings is 2. The lowest BCUT2D eigenvalue weighted by molar-refractivity contribution is -0.144. The number of fused-ring (bicyclic) bond motifs is 1. The van der Waals surface area contributed by atoms with Crippen LogP contribution >= 0.6 is 0 Å². The van der Waals surface area contributed by atoms with Gasteiger partial charge in [-0.3, -0.25) is 14.7 Å². The van der Waals surface area contributed by atoms with Crippen molar-refractivity contribution < 1.29 is 19.1 Å². The van der Waals surface area contributed by atoms with Gasteiger partial charge in [0.15, 0.2) is 6.10 Å². The number of aromatic amines is 1. The molecular formula is C20H19FN4O3. The molecule has 0 radical (unpaired) electrons. The zero-order valence-corrected chi connectivity index (χ0v) is 14.9. The number of anilines is 1. The van der Waals surface area contributed by atoms with Gasteiger partial charge in [-0.15, -0.1) is 0 Å². The molecule has 8 heteroatoms. The molecule has 1 saturated heterocycles. The Morgan fingerprint density at radius 3 is 2.82 bits per heavy atom. The quantitative estimate of drug-likeness (QED) is 0.645. The molecule has 3 aromatic rings. The van der Waals surface area contributed by atoms with E-state index in [1.165, 1.54) is 29.2 Å². The van der Waals surface area contributed by atoms with Crippen molar-refractivity contribution in [3.63, 3.8) is 0 Å². The highest BCUT2D eigenvalue weighted by Crippen LogP contribution is 2.25. The van der Waals surface area contributed by atoms with Crippen LogP contribution in [0.5, 0.6) is 0 Å². The summed E-state index contributed by atoms with van der Waals surface area (Å²) in [5.41, 5.74) is 1.76. The number of carbonyl (C=O) groups excluding carboxylic acids is 2. The number of hydrogen-bond acceptors (Lipinski definition) is 4. The molecule has 144 valence electrons. The van der Waals surface area contributed by atoms with E-state index in [9.17, 15) is 19.1 Å². The number of rotatable bonds is 4. The molecule has 4 rings (SSSR count). The van der Waals surface area contributed by atoms with Crippen LogP contribution in [-0.2, 0) is 9.59 Å². The Bertz CT molecular complexity index is 1020. The van der Waals surface area contributed by atoms with Gasteiger partial charge in [-0.2, -0.15) is 5.10 Å². The molecule has 1 fully saturated rings. The third kappa shape index (κ3) is 3.46. The number of nitrogens with zero attached hydrogens (tertiary/aromatic N) is 2. The summed E-state index contributed by atoms with van der Waals surface area (Å²) in [5, 5.41) is 20.9. The van der Waals surface area contributed by atoms with Crippen molar-refractivity contribution in [3.8, 4) is 0 Å². The third-order valence-corrected chi connectivity index (χ3v) is 4.97. The zero-order chi connectivity index (χ0) is 19.7. The lowest BCUT2D eigenvalue weighted by atomic mass is 10.1. The molecule has 2 atom stereocenters. The Hall–Kier alpha value is -3.26. The number of amides is 2. The van der Waals surface area contributed by atoms with Crippen molar-refractivity contribution >= 4 is 28.4 Å². The van der Waals surface area contributed by atoms with Gasteiger partial charge < -0.3 is 15.3 Å². The van der Waals surface area contributed by atoms with Crippen molar-refractivity contribution in [2.24, 2.45) is 0 Å². The maximum Gasteiger partial charge on any atom is 0.256 e. The number of hydrogen-bond donors (Lipinski definition) is 3. The molecule has 0 spiro atoms. The smallest absolute Gasteiger partial charge is 0.256 e. The first kappa shape index (κ1) is 18.1. The first-order valence-electron chi connectivity index (χ1n) is 9.01. The van der Waals surface area contributed by atoms with Gasteiger partial charge in [-0.25, -0.2) is 4.39 Å². The van der Waals surface area contributed by atoms with Gasteiger partial charge in [0.25, 0.3) is 5.91 Å². The Morgan fingerprint density at radius 2 is 2.04 bits per heavy atom. The SMILES string of the molecule is O=C(Nc1ccc2[nH]ncc2c1)[C@@H]1CCCN1C(=O)C(O)c1ccc(F)cc1. The maximum atomic E-state index is 13.1. The van der Waals surface area contributed by atoms with Gasteiger partial charge in [0.1, 0.15) is 11.9 Å². The summed E-state index contributed by atoms with van der Waals surface area (Å²) >= 11 is 0. The highest BCUT2D eigenvalue weighted by Gasteiger charge is 2.37. The van der Waals surface area contributed by atoms with Crippen LogP contribution in [0.2, 0.25) is 0 Å². The van der Waals surface area contributed by atoms with Crippen LogP contribution < -0.4 is 5.32 Å². The van der Waals surface area contributed by atoms with Crippen LogP contribution in [0.3, 0.4) is 0 Å². The van der Waals surface area contributed by atoms with Gasteiger partial charge in [0.05, 0.1) is 11.7 Å². The van der Waals surface area contributed by atoms with E-state index in [1.807, 2.05) is 6.07 Å². The minimum Gasteiger partial charge on any atom is -0.378 e. The van der Waals surface area contributed by atoms with Gasteiger partial charge in [0.2, 0.25) is 5.91 Å². The summed E-state index contributed by atoms with van der Waals surface area (Å²) in [7, 11) is 0. The van der Waals surface area contributed by atoms with Gasteiger partial charge >= 0.3 is 0 Å². The minimum absolute atomic E-state index is 0.294. The minimum atomic E-state index is -1.43. The van der Waals surface area contributed by atoms with Crippen LogP contribution in [0, 0.1) is 5.82 Å². The molecule has 1 aliphatic rings. The van der Waals surface area contributed by atoms with E-state index in [4.69, 9.17) is 0 Å². The van der Waals surface area contributed by atoms with E-state index in [1.54, 1.807) is 18.3 Å². The van der Waals surface area contributed by atoms with E-state index in [2.05, 4.69) is 15.5 Å². The zero-order valence-electron chi connectivity index (χ0n) is 14.9. The first-order valence-corrected chi connectivity index (χ1v) is 9.01. The van der Waals surface area contributed by atoms with E-state index < -0.39 is 23.9 Å². The van der Waals surface area contributed by atoms with Crippen LogP contribution in [0.1, 0.15) is 24.5 Å². The number of carbonyl (C=O) groups is 2. The lowest BCUT2D eigenvalue weighted by Crippen LogP contribution is -2.45. The van der Waals surface area contributed by atoms with Gasteiger partial charge in [0, 0.05) is 17.6 Å². The van der Waals surface area contributed by atoms with Crippen LogP contribution in [0.4, 0.5) is 10.1 Å². The Labute approximate surface area is 160 Å². The number of likely N-dealkylation sites (tertiary alicyclic amines) is 1. The lowest BCUT2D eigenvalue weighted by Gasteiger charge is -2.26. The largest absolute Gasteiger partial charge is 0.378 e. The number of nitrogens with one attached hydrogen (secondary N) is 2. The molecule has 2 heterocycles. The predicted octanol–water partition coefficient (Wildman–Crippen LogP) is 2.37. The molecule has 1 unspecified atom stereocenters. The second kappa shape index (κ2) is 7.40. The summed E-state index contributed by atoms with van der Waals surface area (Å²) < 4.78 is 13.1. The molecule has 2 amide bonds. The normalized spacial score (nSPS) is 17.6. The number of halogens is 1. The molecule has 3 N–H and O–H groups in total. The van der Waals surface area contributed by atoms with Crippen molar-refractivity contribution in [3.05, 3.63) is 60.0 Å². The second-order valence-electron chi connectivity index (χ2n) is 6.81. The Balaban J connectivity index is 1.48. The molecule has 7 nitrogen and oxygen atoms in total. The summed E-state index contributed by atoms with van der Waals surface area (Å²) in [6.07, 6.45) is 1.41. The molecule has 0 aliphatic carbocycles. The fourth-order valence-electron chi connectivity index (χ4n) is 3.49. The van der Waals surface area contributed by atoms with Crippen molar-refractivity contribution in [2.75, 3.05) is 11.9 Å². The molecule has 1 aromatic heterocycles. The first-order chi connectivity index (χ1) is 13.5. The standard InChI is InChI=1S/C20H19FN4O3/c21-14-5-3-12(4-6-14)18(26)20(28)25-9-1-2-17(25)19(27)23-15-7-8-16-13(10-15)11-22-24-16/h3-8,10-11,17-18,26H,1-2,9H2,(H,22,24)(H,23,27)/t17-,18?/m0/s1. The Kier molecular flexibility index (Phi) is 4.79. The van der Waals surface area contributed by atoms with Crippen LogP contribution in [0.15, 0.2) is 48.7 Å². The number of H-pyrrole nitrogens is 1. The molecular weight excluding hydrogens is 363 g/mol. The van der Waals surface area contributed by atoms with Gasteiger partial charge in [-0.1, -0.05) is 12.1 Å². The predicted molar refractivity (Wildman–Crippen MR) is 101 cm³/mol. The van der Waals surface area contributed by atoms with E-state index >= 15 is 0 Å². The highest BCUT2D eigenvalue weighted by atomic mass is 19.1.